The first-order chi connectivity index (χ1) is 27.5. The first kappa shape index (κ1) is 58.3. The van der Waals surface area contributed by atoms with E-state index in [1.165, 1.54) is 209 Å². The number of ether oxygens (including phenoxy) is 3. The lowest BCUT2D eigenvalue weighted by atomic mass is 10.0. The standard InChI is InChI=1S/2C24H52O3Si/c1-5-9-10-11-12-13-14-15-16-17-18-19-20-21-22-23-24-28(25-6-2,26-7-3)27-8-4;1-4-25-24(26-5-2,27-6-3)22-20-18-16-14-12-10-8-7-9-11-13-15-17-19-21-23-28/h5-24H2,1-4H3;4-23H2,1-3,28H3. The van der Waals surface area contributed by atoms with Crippen LogP contribution in [-0.2, 0) is 27.5 Å². The molecule has 0 unspecified atom stereocenters. The van der Waals surface area contributed by atoms with Crippen molar-refractivity contribution in [1.82, 2.24) is 0 Å². The van der Waals surface area contributed by atoms with Gasteiger partial charge in [-0.05, 0) is 54.4 Å². The molecule has 0 aromatic rings. The van der Waals surface area contributed by atoms with Crippen molar-refractivity contribution in [3.05, 3.63) is 0 Å². The fourth-order valence-corrected chi connectivity index (χ4v) is 11.0. The van der Waals surface area contributed by atoms with Crippen LogP contribution in [0.15, 0.2) is 0 Å². The van der Waals surface area contributed by atoms with Gasteiger partial charge in [0.2, 0.25) is 0 Å². The summed E-state index contributed by atoms with van der Waals surface area (Å²) in [6.45, 7) is 18.3. The largest absolute Gasteiger partial charge is 0.500 e. The van der Waals surface area contributed by atoms with Gasteiger partial charge in [-0.15, -0.1) is 0 Å². The van der Waals surface area contributed by atoms with E-state index in [0.717, 1.165) is 18.9 Å². The maximum atomic E-state index is 5.93. The van der Waals surface area contributed by atoms with Crippen LogP contribution < -0.4 is 0 Å². The second kappa shape index (κ2) is 47.9. The molecule has 6 nitrogen and oxygen atoms in total. The van der Waals surface area contributed by atoms with Crippen LogP contribution in [0, 0.1) is 0 Å². The Morgan fingerprint density at radius 3 is 0.857 bits per heavy atom. The highest BCUT2D eigenvalue weighted by molar-refractivity contribution is 6.60. The Bertz CT molecular complexity index is 623. The summed E-state index contributed by atoms with van der Waals surface area (Å²) in [5.41, 5.74) is 0. The van der Waals surface area contributed by atoms with Gasteiger partial charge in [0.05, 0.1) is 0 Å². The zero-order chi connectivity index (χ0) is 41.5. The van der Waals surface area contributed by atoms with Gasteiger partial charge in [-0.2, -0.15) is 0 Å². The summed E-state index contributed by atoms with van der Waals surface area (Å²) in [5, 5.41) is 0. The Hall–Kier alpha value is 0.194. The van der Waals surface area contributed by atoms with Crippen LogP contribution in [0.3, 0.4) is 0 Å². The minimum absolute atomic E-state index is 0.625. The molecule has 0 amide bonds. The van der Waals surface area contributed by atoms with E-state index >= 15 is 0 Å². The first-order valence-electron chi connectivity index (χ1n) is 25.3. The van der Waals surface area contributed by atoms with Crippen LogP contribution in [0.2, 0.25) is 12.1 Å². The van der Waals surface area contributed by atoms with Crippen LogP contribution in [0.4, 0.5) is 0 Å². The van der Waals surface area contributed by atoms with E-state index in [2.05, 4.69) is 6.92 Å². The molecular formula is C48H104O6Si2. The van der Waals surface area contributed by atoms with Crippen molar-refractivity contribution in [1.29, 1.82) is 0 Å². The predicted molar refractivity (Wildman–Crippen MR) is 251 cm³/mol. The zero-order valence-corrected chi connectivity index (χ0v) is 42.7. The van der Waals surface area contributed by atoms with Crippen LogP contribution >= 0.6 is 0 Å². The number of unbranched alkanes of at least 4 members (excludes halogenated alkanes) is 29. The van der Waals surface area contributed by atoms with Crippen molar-refractivity contribution in [2.75, 3.05) is 39.6 Å². The van der Waals surface area contributed by atoms with Crippen molar-refractivity contribution in [3.8, 4) is 0 Å². The fourth-order valence-electron chi connectivity index (χ4n) is 7.78. The Morgan fingerprint density at radius 1 is 0.321 bits per heavy atom. The van der Waals surface area contributed by atoms with Gasteiger partial charge in [0.15, 0.2) is 0 Å². The maximum Gasteiger partial charge on any atom is 0.500 e. The lowest BCUT2D eigenvalue weighted by Gasteiger charge is -2.32. The van der Waals surface area contributed by atoms with E-state index < -0.39 is 14.8 Å². The molecule has 0 saturated carbocycles. The van der Waals surface area contributed by atoms with E-state index in [4.69, 9.17) is 27.5 Å². The highest BCUT2D eigenvalue weighted by Gasteiger charge is 2.39. The molecule has 0 rings (SSSR count). The van der Waals surface area contributed by atoms with Crippen molar-refractivity contribution in [2.45, 2.75) is 272 Å². The van der Waals surface area contributed by atoms with Crippen LogP contribution in [0.5, 0.6) is 0 Å². The maximum absolute atomic E-state index is 5.93. The molecule has 340 valence electrons. The smallest absolute Gasteiger partial charge is 0.374 e. The molecule has 0 heterocycles. The van der Waals surface area contributed by atoms with Gasteiger partial charge in [0, 0.05) is 62.3 Å². The van der Waals surface area contributed by atoms with Crippen molar-refractivity contribution in [3.63, 3.8) is 0 Å². The first-order valence-corrected chi connectivity index (χ1v) is 28.7. The summed E-state index contributed by atoms with van der Waals surface area (Å²) in [6, 6.07) is 2.47. The SMILES string of the molecule is CCCCCCCCCCCCCCCCCC[Si](OCC)(OCC)OCC.CCOC(CCCCCCCCCCCCCCCCC[SiH3])(OCC)OCC. The topological polar surface area (TPSA) is 55.4 Å². The summed E-state index contributed by atoms with van der Waals surface area (Å²) in [5.74, 6) is -0.810. The van der Waals surface area contributed by atoms with Crippen molar-refractivity contribution >= 4 is 19.0 Å². The lowest BCUT2D eigenvalue weighted by molar-refractivity contribution is -0.380. The van der Waals surface area contributed by atoms with Crippen LogP contribution in [-0.4, -0.2) is 64.7 Å². The highest BCUT2D eigenvalue weighted by atomic mass is 28.4. The molecule has 0 aliphatic rings. The second-order valence-corrected chi connectivity index (χ2v) is 19.8. The minimum Gasteiger partial charge on any atom is -0.374 e. The Balaban J connectivity index is 0. The molecule has 8 heteroatoms. The quantitative estimate of drug-likeness (QED) is 0.0346. The molecule has 0 N–H and O–H groups in total. The van der Waals surface area contributed by atoms with Gasteiger partial charge in [-0.25, -0.2) is 0 Å². The predicted octanol–water partition coefficient (Wildman–Crippen LogP) is 15.1. The van der Waals surface area contributed by atoms with E-state index in [0.29, 0.717) is 39.6 Å². The summed E-state index contributed by atoms with van der Waals surface area (Å²) < 4.78 is 35.2. The molecule has 0 atom stereocenters. The molecule has 0 saturated heterocycles. The summed E-state index contributed by atoms with van der Waals surface area (Å²) in [7, 11) is -1.01. The second-order valence-electron chi connectivity index (χ2n) is 16.1. The van der Waals surface area contributed by atoms with Gasteiger partial charge in [0.1, 0.15) is 0 Å². The average molecular weight is 834 g/mol. The minimum atomic E-state index is -2.40. The number of hydrogen-bond acceptors (Lipinski definition) is 6. The third-order valence-corrected chi connectivity index (χ3v) is 14.7. The molecule has 0 bridgehead atoms. The summed E-state index contributed by atoms with van der Waals surface area (Å²) in [4.78, 5) is 0. The van der Waals surface area contributed by atoms with Gasteiger partial charge < -0.3 is 27.5 Å². The number of hydrogen-bond donors (Lipinski definition) is 0. The molecule has 0 aromatic heterocycles. The van der Waals surface area contributed by atoms with Crippen molar-refractivity contribution in [2.24, 2.45) is 0 Å². The highest BCUT2D eigenvalue weighted by Crippen LogP contribution is 2.25. The fraction of sp³-hybridized carbons (Fsp3) is 1.00. The van der Waals surface area contributed by atoms with E-state index in [9.17, 15) is 0 Å². The molecule has 0 fully saturated rings. The Labute approximate surface area is 357 Å². The van der Waals surface area contributed by atoms with Crippen LogP contribution in [0.25, 0.3) is 0 Å². The van der Waals surface area contributed by atoms with Crippen LogP contribution in [0.1, 0.15) is 254 Å². The average Bonchev–Trinajstić information content (AvgIpc) is 3.18. The summed E-state index contributed by atoms with van der Waals surface area (Å²) >= 11 is 0. The molecular weight excluding hydrogens is 729 g/mol. The molecule has 0 aliphatic heterocycles. The third kappa shape index (κ3) is 39.6. The third-order valence-electron chi connectivity index (χ3n) is 10.9. The molecule has 0 aliphatic carbocycles. The van der Waals surface area contributed by atoms with Gasteiger partial charge in [-0.1, -0.05) is 199 Å². The van der Waals surface area contributed by atoms with Gasteiger partial charge >= 0.3 is 8.80 Å². The Morgan fingerprint density at radius 2 is 0.589 bits per heavy atom. The lowest BCUT2D eigenvalue weighted by Crippen LogP contribution is -2.45. The van der Waals surface area contributed by atoms with Gasteiger partial charge in [0.25, 0.3) is 5.97 Å². The molecule has 0 radical (unpaired) electrons. The van der Waals surface area contributed by atoms with Gasteiger partial charge in [-0.3, -0.25) is 0 Å². The number of rotatable bonds is 46. The van der Waals surface area contributed by atoms with E-state index in [-0.39, 0.29) is 0 Å². The van der Waals surface area contributed by atoms with E-state index in [1.54, 1.807) is 0 Å². The monoisotopic (exact) mass is 833 g/mol. The molecule has 56 heavy (non-hydrogen) atoms. The van der Waals surface area contributed by atoms with E-state index in [1.807, 2.05) is 41.5 Å². The van der Waals surface area contributed by atoms with Crippen molar-refractivity contribution < 1.29 is 27.5 Å². The summed E-state index contributed by atoms with van der Waals surface area (Å²) in [6.07, 6.45) is 44.2. The zero-order valence-electron chi connectivity index (χ0n) is 39.7. The molecule has 0 spiro atoms. The molecule has 0 aromatic carbocycles. The Kier molecular flexibility index (Phi) is 49.8. The normalized spacial score (nSPS) is 12.1.